The molecule has 2 rings (SSSR count). The second-order valence-corrected chi connectivity index (χ2v) is 6.93. The predicted molar refractivity (Wildman–Crippen MR) is 74.1 cm³/mol. The molecule has 0 aromatic heterocycles. The Morgan fingerprint density at radius 3 is 2.39 bits per heavy atom. The summed E-state index contributed by atoms with van der Waals surface area (Å²) in [5, 5.41) is 0. The van der Waals surface area contributed by atoms with Crippen molar-refractivity contribution >= 4 is 21.6 Å². The zero-order valence-corrected chi connectivity index (χ0v) is 11.8. The third kappa shape index (κ3) is 3.25. The van der Waals surface area contributed by atoms with Crippen LogP contribution in [-0.4, -0.2) is 31.2 Å². The van der Waals surface area contributed by atoms with Gasteiger partial charge in [0.2, 0.25) is 10.0 Å². The van der Waals surface area contributed by atoms with E-state index >= 15 is 0 Å². The lowest BCUT2D eigenvalue weighted by molar-refractivity contribution is 0.227. The van der Waals surface area contributed by atoms with Crippen LogP contribution in [0.25, 0.3) is 0 Å². The van der Waals surface area contributed by atoms with Crippen molar-refractivity contribution < 1.29 is 8.42 Å². The highest BCUT2D eigenvalue weighted by molar-refractivity contribution is 7.88. The van der Waals surface area contributed by atoms with Crippen molar-refractivity contribution in [2.75, 3.05) is 12.4 Å². The summed E-state index contributed by atoms with van der Waals surface area (Å²) in [6.07, 6.45) is 3.04. The SMILES string of the molecule is O=S(=O)(Cc1ccccc1)N(CCCl)C1CCC1. The Morgan fingerprint density at radius 2 is 1.89 bits per heavy atom. The van der Waals surface area contributed by atoms with Gasteiger partial charge in [-0.1, -0.05) is 36.8 Å². The maximum absolute atomic E-state index is 12.4. The van der Waals surface area contributed by atoms with Gasteiger partial charge in [0, 0.05) is 18.5 Å². The molecule has 1 aliphatic rings. The molecule has 0 spiro atoms. The number of rotatable bonds is 6. The van der Waals surface area contributed by atoms with Crippen molar-refractivity contribution in [3.8, 4) is 0 Å². The average molecular weight is 288 g/mol. The quantitative estimate of drug-likeness (QED) is 0.754. The van der Waals surface area contributed by atoms with Gasteiger partial charge in [-0.15, -0.1) is 11.6 Å². The van der Waals surface area contributed by atoms with Crippen LogP contribution in [-0.2, 0) is 15.8 Å². The first-order valence-electron chi connectivity index (χ1n) is 6.23. The van der Waals surface area contributed by atoms with Crippen molar-refractivity contribution in [3.05, 3.63) is 35.9 Å². The summed E-state index contributed by atoms with van der Waals surface area (Å²) in [7, 11) is -3.25. The van der Waals surface area contributed by atoms with Crippen molar-refractivity contribution in [1.82, 2.24) is 4.31 Å². The van der Waals surface area contributed by atoms with Crippen molar-refractivity contribution in [2.24, 2.45) is 0 Å². The van der Waals surface area contributed by atoms with E-state index < -0.39 is 10.0 Å². The van der Waals surface area contributed by atoms with E-state index in [2.05, 4.69) is 0 Å². The molecule has 5 heteroatoms. The second kappa shape index (κ2) is 6.04. The van der Waals surface area contributed by atoms with Gasteiger partial charge in [-0.25, -0.2) is 8.42 Å². The monoisotopic (exact) mass is 287 g/mol. The van der Waals surface area contributed by atoms with E-state index in [0.717, 1.165) is 24.8 Å². The Kier molecular flexibility index (Phi) is 4.65. The van der Waals surface area contributed by atoms with Gasteiger partial charge in [0.1, 0.15) is 0 Å². The van der Waals surface area contributed by atoms with E-state index in [-0.39, 0.29) is 11.8 Å². The largest absolute Gasteiger partial charge is 0.218 e. The number of hydrogen-bond acceptors (Lipinski definition) is 2. The van der Waals surface area contributed by atoms with E-state index in [1.807, 2.05) is 30.3 Å². The fourth-order valence-corrected chi connectivity index (χ4v) is 4.27. The smallest absolute Gasteiger partial charge is 0.212 e. The summed E-state index contributed by atoms with van der Waals surface area (Å²) in [5.74, 6) is 0.422. The van der Waals surface area contributed by atoms with Crippen LogP contribution in [0.5, 0.6) is 0 Å². The highest BCUT2D eigenvalue weighted by atomic mass is 35.5. The van der Waals surface area contributed by atoms with Crippen molar-refractivity contribution in [1.29, 1.82) is 0 Å². The Labute approximate surface area is 114 Å². The molecule has 18 heavy (non-hydrogen) atoms. The molecule has 1 saturated carbocycles. The summed E-state index contributed by atoms with van der Waals surface area (Å²) in [4.78, 5) is 0. The Bertz CT molecular complexity index is 471. The van der Waals surface area contributed by atoms with Gasteiger partial charge >= 0.3 is 0 Å². The fraction of sp³-hybridized carbons (Fsp3) is 0.538. The minimum Gasteiger partial charge on any atom is -0.212 e. The minimum atomic E-state index is -3.25. The highest BCUT2D eigenvalue weighted by Crippen LogP contribution is 2.28. The molecular weight excluding hydrogens is 270 g/mol. The van der Waals surface area contributed by atoms with Gasteiger partial charge in [-0.2, -0.15) is 4.31 Å². The molecule has 0 unspecified atom stereocenters. The average Bonchev–Trinajstić information content (AvgIpc) is 2.27. The van der Waals surface area contributed by atoms with Gasteiger partial charge in [0.05, 0.1) is 5.75 Å². The molecule has 0 saturated heterocycles. The van der Waals surface area contributed by atoms with E-state index in [4.69, 9.17) is 11.6 Å². The van der Waals surface area contributed by atoms with Crippen LogP contribution in [0.15, 0.2) is 30.3 Å². The zero-order chi connectivity index (χ0) is 13.0. The first-order valence-corrected chi connectivity index (χ1v) is 8.37. The highest BCUT2D eigenvalue weighted by Gasteiger charge is 2.33. The van der Waals surface area contributed by atoms with E-state index in [9.17, 15) is 8.42 Å². The zero-order valence-electron chi connectivity index (χ0n) is 10.3. The molecule has 0 amide bonds. The maximum atomic E-state index is 12.4. The molecule has 0 bridgehead atoms. The molecule has 100 valence electrons. The maximum Gasteiger partial charge on any atom is 0.218 e. The number of benzene rings is 1. The summed E-state index contributed by atoms with van der Waals surface area (Å²) in [6.45, 7) is 0.418. The summed E-state index contributed by atoms with van der Waals surface area (Å²) in [6, 6.07) is 9.46. The number of sulfonamides is 1. The van der Waals surface area contributed by atoms with Crippen LogP contribution in [0.1, 0.15) is 24.8 Å². The molecular formula is C13H18ClNO2S. The third-order valence-corrected chi connectivity index (χ3v) is 5.40. The number of alkyl halides is 1. The lowest BCUT2D eigenvalue weighted by Gasteiger charge is -2.36. The van der Waals surface area contributed by atoms with Gasteiger partial charge in [-0.3, -0.25) is 0 Å². The topological polar surface area (TPSA) is 37.4 Å². The van der Waals surface area contributed by atoms with Crippen LogP contribution in [0, 0.1) is 0 Å². The molecule has 0 radical (unpaired) electrons. The molecule has 0 atom stereocenters. The summed E-state index contributed by atoms with van der Waals surface area (Å²) < 4.78 is 26.4. The normalized spacial score (nSPS) is 16.8. The predicted octanol–water partition coefficient (Wildman–Crippen LogP) is 2.61. The van der Waals surface area contributed by atoms with Crippen LogP contribution < -0.4 is 0 Å². The summed E-state index contributed by atoms with van der Waals surface area (Å²) in [5.41, 5.74) is 0.830. The van der Waals surface area contributed by atoms with Gasteiger partial charge in [0.25, 0.3) is 0 Å². The number of nitrogens with zero attached hydrogens (tertiary/aromatic N) is 1. The second-order valence-electron chi connectivity index (χ2n) is 4.63. The van der Waals surface area contributed by atoms with Gasteiger partial charge < -0.3 is 0 Å². The molecule has 1 aliphatic carbocycles. The third-order valence-electron chi connectivity index (χ3n) is 3.34. The van der Waals surface area contributed by atoms with Gasteiger partial charge in [-0.05, 0) is 18.4 Å². The molecule has 3 nitrogen and oxygen atoms in total. The molecule has 1 fully saturated rings. The molecule has 1 aromatic rings. The van der Waals surface area contributed by atoms with Crippen LogP contribution in [0.4, 0.5) is 0 Å². The van der Waals surface area contributed by atoms with E-state index in [1.165, 1.54) is 0 Å². The van der Waals surface area contributed by atoms with E-state index in [0.29, 0.717) is 12.4 Å². The van der Waals surface area contributed by atoms with E-state index in [1.54, 1.807) is 4.31 Å². The van der Waals surface area contributed by atoms with Crippen LogP contribution in [0.2, 0.25) is 0 Å². The van der Waals surface area contributed by atoms with Crippen LogP contribution in [0.3, 0.4) is 0 Å². The molecule has 0 N–H and O–H groups in total. The lowest BCUT2D eigenvalue weighted by atomic mass is 9.93. The van der Waals surface area contributed by atoms with Crippen molar-refractivity contribution in [3.63, 3.8) is 0 Å². The Morgan fingerprint density at radius 1 is 1.22 bits per heavy atom. The fourth-order valence-electron chi connectivity index (χ4n) is 2.17. The lowest BCUT2D eigenvalue weighted by Crippen LogP contribution is -2.45. The first-order chi connectivity index (χ1) is 8.63. The van der Waals surface area contributed by atoms with Gasteiger partial charge in [0.15, 0.2) is 0 Å². The Balaban J connectivity index is 2.12. The first kappa shape index (κ1) is 13.8. The molecule has 0 aliphatic heterocycles. The molecule has 1 aromatic carbocycles. The summed E-state index contributed by atoms with van der Waals surface area (Å²) >= 11 is 5.72. The van der Waals surface area contributed by atoms with Crippen molar-refractivity contribution in [2.45, 2.75) is 31.1 Å². The number of hydrogen-bond donors (Lipinski definition) is 0. The van der Waals surface area contributed by atoms with Crippen LogP contribution >= 0.6 is 11.6 Å². The standard InChI is InChI=1S/C13H18ClNO2S/c14-9-10-15(13-7-4-8-13)18(16,17)11-12-5-2-1-3-6-12/h1-3,5-6,13H,4,7-11H2. The Hall–Kier alpha value is -0.580. The minimum absolute atomic E-state index is 0.0707. The number of halogens is 1. The molecule has 0 heterocycles.